The van der Waals surface area contributed by atoms with E-state index in [1.54, 1.807) is 0 Å². The van der Waals surface area contributed by atoms with Gasteiger partial charge in [0.25, 0.3) is 11.8 Å². The number of hydrogen-bond donors (Lipinski definition) is 6. The van der Waals surface area contributed by atoms with E-state index >= 15 is 0 Å². The molecule has 41 heavy (non-hydrogen) atoms. The summed E-state index contributed by atoms with van der Waals surface area (Å²) < 4.78 is 5.69. The van der Waals surface area contributed by atoms with E-state index in [4.69, 9.17) is 15.7 Å². The standard InChI is InChI=1S/C23H25N9O7S2/c1-11(21(35)36)39-29-14(17-28-23(24)41-30-17)18(33)27-15-19(34)32-16(22(37)38)12(10-40-20(15)32)9-31-7-3-13(4-8-31)26-6-5-25-2/h3-4,7-8,15,20,25H,1,5-6,9-10H2,2H3,(H5,24,27,28,30,33,35,36,37,38)/p+1/b29-14-/t15?,20-/m1/s1. The van der Waals surface area contributed by atoms with Crippen molar-refractivity contribution >= 4 is 63.6 Å². The lowest BCUT2D eigenvalue weighted by molar-refractivity contribution is -0.688. The lowest BCUT2D eigenvalue weighted by Gasteiger charge is -2.49. The zero-order valence-electron chi connectivity index (χ0n) is 21.6. The van der Waals surface area contributed by atoms with Crippen molar-refractivity contribution in [3.63, 3.8) is 0 Å². The van der Waals surface area contributed by atoms with Crippen molar-refractivity contribution in [1.82, 2.24) is 24.9 Å². The van der Waals surface area contributed by atoms with Gasteiger partial charge in [0.1, 0.15) is 17.1 Å². The molecule has 4 rings (SSSR count). The van der Waals surface area contributed by atoms with Crippen LogP contribution in [0.25, 0.3) is 0 Å². The van der Waals surface area contributed by atoms with E-state index in [9.17, 15) is 24.3 Å². The molecule has 216 valence electrons. The molecule has 18 heteroatoms. The van der Waals surface area contributed by atoms with E-state index in [-0.39, 0.29) is 23.2 Å². The maximum Gasteiger partial charge on any atom is 0.374 e. The summed E-state index contributed by atoms with van der Waals surface area (Å²) in [5, 5.41) is 30.5. The van der Waals surface area contributed by atoms with E-state index in [1.807, 2.05) is 36.1 Å². The van der Waals surface area contributed by atoms with Gasteiger partial charge in [-0.2, -0.15) is 9.36 Å². The Labute approximate surface area is 241 Å². The van der Waals surface area contributed by atoms with E-state index < -0.39 is 46.6 Å². The molecule has 4 heterocycles. The molecular weight excluding hydrogens is 578 g/mol. The van der Waals surface area contributed by atoms with Crippen LogP contribution in [0.1, 0.15) is 5.82 Å². The van der Waals surface area contributed by atoms with Crippen molar-refractivity contribution in [3.05, 3.63) is 54.0 Å². The number of carboxylic acid groups (broad SMARTS) is 2. The SMILES string of the molecule is C=C(O/N=C(\C(=O)NC1C(=O)N2C(C(=O)O)=C(C[n+]3ccc(NCCNC)cc3)CS[C@H]12)c1nsc(N)n1)C(=O)O. The Morgan fingerprint density at radius 1 is 1.29 bits per heavy atom. The highest BCUT2D eigenvalue weighted by molar-refractivity contribution is 8.00. The molecule has 7 N–H and O–H groups in total. The van der Waals surface area contributed by atoms with Crippen LogP contribution < -0.4 is 26.3 Å². The number of oxime groups is 1. The van der Waals surface area contributed by atoms with Crippen molar-refractivity contribution in [1.29, 1.82) is 0 Å². The molecule has 1 fully saturated rings. The largest absolute Gasteiger partial charge is 0.477 e. The Balaban J connectivity index is 1.48. The highest BCUT2D eigenvalue weighted by Crippen LogP contribution is 2.40. The first-order valence-corrected chi connectivity index (χ1v) is 13.8. The van der Waals surface area contributed by atoms with Crippen molar-refractivity contribution < 1.29 is 38.8 Å². The number of fused-ring (bicyclic) bond motifs is 1. The third kappa shape index (κ3) is 6.61. The summed E-state index contributed by atoms with van der Waals surface area (Å²) in [6, 6.07) is 2.65. The number of aliphatic carboxylic acids is 2. The second-order valence-electron chi connectivity index (χ2n) is 8.62. The van der Waals surface area contributed by atoms with Crippen LogP contribution in [0.5, 0.6) is 0 Å². The molecular formula is C23H26N9O7S2+. The number of thioether (sulfide) groups is 1. The molecule has 2 aromatic heterocycles. The first-order chi connectivity index (χ1) is 19.6. The number of nitrogens with one attached hydrogen (secondary N) is 3. The molecule has 1 saturated heterocycles. The predicted octanol–water partition coefficient (Wildman–Crippen LogP) is -1.20. The number of carboxylic acids is 2. The van der Waals surface area contributed by atoms with Gasteiger partial charge in [-0.3, -0.25) is 14.5 Å². The zero-order chi connectivity index (χ0) is 29.7. The average molecular weight is 605 g/mol. The molecule has 1 unspecified atom stereocenters. The van der Waals surface area contributed by atoms with E-state index in [1.165, 1.54) is 11.8 Å². The first-order valence-electron chi connectivity index (χ1n) is 12.0. The first kappa shape index (κ1) is 29.4. The molecule has 0 radical (unpaired) electrons. The third-order valence-corrected chi connectivity index (χ3v) is 7.74. The summed E-state index contributed by atoms with van der Waals surface area (Å²) in [5.41, 5.74) is 6.35. The van der Waals surface area contributed by atoms with Crippen LogP contribution in [0.15, 0.2) is 53.3 Å². The molecule has 2 aliphatic rings. The van der Waals surface area contributed by atoms with Crippen molar-refractivity contribution in [2.75, 3.05) is 36.9 Å². The third-order valence-electron chi connectivity index (χ3n) is 5.86. The molecule has 0 saturated carbocycles. The van der Waals surface area contributed by atoms with Crippen LogP contribution >= 0.6 is 23.3 Å². The van der Waals surface area contributed by atoms with E-state index in [2.05, 4.69) is 37.0 Å². The van der Waals surface area contributed by atoms with Gasteiger partial charge in [-0.1, -0.05) is 5.16 Å². The molecule has 0 spiro atoms. The summed E-state index contributed by atoms with van der Waals surface area (Å²) in [7, 11) is 1.86. The maximum absolute atomic E-state index is 13.1. The Kier molecular flexibility index (Phi) is 9.15. The van der Waals surface area contributed by atoms with E-state index in [0.29, 0.717) is 11.3 Å². The number of nitrogens with two attached hydrogens (primary N) is 1. The number of aromatic nitrogens is 3. The van der Waals surface area contributed by atoms with Crippen molar-refractivity contribution in [3.8, 4) is 0 Å². The molecule has 2 atom stereocenters. The summed E-state index contributed by atoms with van der Waals surface area (Å²) in [6.45, 7) is 4.95. The lowest BCUT2D eigenvalue weighted by atomic mass is 10.0. The molecule has 0 aromatic carbocycles. The summed E-state index contributed by atoms with van der Waals surface area (Å²) in [5.74, 6) is -5.10. The minimum absolute atomic E-state index is 0.00706. The summed E-state index contributed by atoms with van der Waals surface area (Å²) in [4.78, 5) is 59.1. The number of likely N-dealkylation sites (N-methyl/N-ethyl adjacent to an activating group) is 1. The molecule has 16 nitrogen and oxygen atoms in total. The van der Waals surface area contributed by atoms with Gasteiger partial charge in [0.15, 0.2) is 24.1 Å². The normalized spacial score (nSPS) is 18.3. The minimum Gasteiger partial charge on any atom is -0.477 e. The summed E-state index contributed by atoms with van der Waals surface area (Å²) in [6.07, 6.45) is 3.63. The van der Waals surface area contributed by atoms with Gasteiger partial charge in [0.2, 0.25) is 17.3 Å². The van der Waals surface area contributed by atoms with Crippen LogP contribution in [0.4, 0.5) is 10.8 Å². The van der Waals surface area contributed by atoms with Crippen LogP contribution in [0.3, 0.4) is 0 Å². The van der Waals surface area contributed by atoms with Gasteiger partial charge in [0.05, 0.1) is 0 Å². The minimum atomic E-state index is -1.51. The van der Waals surface area contributed by atoms with Crippen LogP contribution in [-0.4, -0.2) is 91.2 Å². The molecule has 2 amide bonds. The number of rotatable bonds is 13. The quantitative estimate of drug-likeness (QED) is 0.0301. The number of amides is 2. The van der Waals surface area contributed by atoms with E-state index in [0.717, 1.165) is 35.2 Å². The highest BCUT2D eigenvalue weighted by atomic mass is 32.2. The number of β-lactam (4-membered cyclic amide) rings is 1. The lowest BCUT2D eigenvalue weighted by Crippen LogP contribution is -2.71. The fraction of sp³-hybridized carbons (Fsp3) is 0.304. The molecule has 2 aromatic rings. The van der Waals surface area contributed by atoms with Gasteiger partial charge >= 0.3 is 11.9 Å². The number of nitrogen functional groups attached to an aromatic ring is 1. The Bertz CT molecular complexity index is 1440. The Morgan fingerprint density at radius 3 is 2.63 bits per heavy atom. The number of anilines is 2. The van der Waals surface area contributed by atoms with Gasteiger partial charge in [0, 0.05) is 53.8 Å². The number of hydrogen-bond acceptors (Lipinski definition) is 13. The fourth-order valence-corrected chi connectivity index (χ4v) is 5.67. The summed E-state index contributed by atoms with van der Waals surface area (Å²) >= 11 is 2.05. The predicted molar refractivity (Wildman–Crippen MR) is 147 cm³/mol. The van der Waals surface area contributed by atoms with Crippen LogP contribution in [0.2, 0.25) is 0 Å². The maximum atomic E-state index is 13.1. The highest BCUT2D eigenvalue weighted by Gasteiger charge is 2.55. The number of carbonyl (C=O) groups excluding carboxylic acids is 2. The van der Waals surface area contributed by atoms with Gasteiger partial charge < -0.3 is 36.7 Å². The Morgan fingerprint density at radius 2 is 2.02 bits per heavy atom. The topological polar surface area (TPSA) is 225 Å². The number of pyridine rings is 1. The van der Waals surface area contributed by atoms with Crippen LogP contribution in [-0.2, 0) is 30.6 Å². The Hall–Kier alpha value is -4.55. The van der Waals surface area contributed by atoms with Crippen LogP contribution in [0, 0.1) is 0 Å². The monoisotopic (exact) mass is 604 g/mol. The van der Waals surface area contributed by atoms with Crippen molar-refractivity contribution in [2.45, 2.75) is 18.0 Å². The molecule has 0 aliphatic carbocycles. The zero-order valence-corrected chi connectivity index (χ0v) is 23.2. The second kappa shape index (κ2) is 12.7. The van der Waals surface area contributed by atoms with Gasteiger partial charge in [-0.25, -0.2) is 14.2 Å². The second-order valence-corrected chi connectivity index (χ2v) is 10.5. The number of carbonyl (C=O) groups is 4. The van der Waals surface area contributed by atoms with Crippen molar-refractivity contribution in [2.24, 2.45) is 5.16 Å². The smallest absolute Gasteiger partial charge is 0.374 e. The average Bonchev–Trinajstić information content (AvgIpc) is 3.37. The molecule has 2 aliphatic heterocycles. The fourth-order valence-electron chi connectivity index (χ4n) is 3.90. The van der Waals surface area contributed by atoms with Gasteiger partial charge in [-0.15, -0.1) is 11.8 Å². The number of nitrogens with zero attached hydrogens (tertiary/aromatic N) is 5. The van der Waals surface area contributed by atoms with Gasteiger partial charge in [-0.05, 0) is 13.6 Å². The molecule has 0 bridgehead atoms.